The molecule has 4 aromatic heterocycles. The summed E-state index contributed by atoms with van der Waals surface area (Å²) in [6, 6.07) is 13.6. The average Bonchev–Trinajstić information content (AvgIpc) is 3.47. The molecule has 50 heavy (non-hydrogen) atoms. The summed E-state index contributed by atoms with van der Waals surface area (Å²) in [5.74, 6) is 2.17. The number of carbonyl (C=O) groups excluding carboxylic acids is 2. The van der Waals surface area contributed by atoms with Gasteiger partial charge in [-0.25, -0.2) is 15.0 Å². The van der Waals surface area contributed by atoms with E-state index in [9.17, 15) is 9.59 Å². The van der Waals surface area contributed by atoms with Gasteiger partial charge in [0.2, 0.25) is 17.7 Å². The summed E-state index contributed by atoms with van der Waals surface area (Å²) in [6.45, 7) is 4.14. The molecule has 3 fully saturated rings. The lowest BCUT2D eigenvalue weighted by atomic mass is 10.1. The Bertz CT molecular complexity index is 2000. The average molecular weight is 694 g/mol. The number of thioether (sulfide) groups is 1. The first-order valence-corrected chi connectivity index (χ1v) is 18.1. The fourth-order valence-corrected chi connectivity index (χ4v) is 7.44. The third-order valence-corrected chi connectivity index (χ3v) is 11.0. The van der Waals surface area contributed by atoms with Crippen LogP contribution in [0.15, 0.2) is 61.2 Å². The van der Waals surface area contributed by atoms with Crippen molar-refractivity contribution in [3.63, 3.8) is 0 Å². The monoisotopic (exact) mass is 693 g/mol. The van der Waals surface area contributed by atoms with Gasteiger partial charge < -0.3 is 19.9 Å². The van der Waals surface area contributed by atoms with Gasteiger partial charge in [0.1, 0.15) is 28.7 Å². The molecule has 1 atom stereocenters. The molecule has 0 bridgehead atoms. The van der Waals surface area contributed by atoms with Crippen molar-refractivity contribution in [2.75, 3.05) is 62.3 Å². The number of pyridine rings is 2. The molecule has 1 aliphatic carbocycles. The van der Waals surface area contributed by atoms with Crippen LogP contribution in [0, 0.1) is 0 Å². The van der Waals surface area contributed by atoms with Crippen LogP contribution in [0.25, 0.3) is 33.5 Å². The molecule has 0 radical (unpaired) electrons. The zero-order valence-electron chi connectivity index (χ0n) is 28.1. The molecular weight excluding hydrogens is 655 g/mol. The number of hydrogen-bond acceptors (Lipinski definition) is 11. The van der Waals surface area contributed by atoms with Crippen LogP contribution < -0.4 is 15.0 Å². The number of aromatic nitrogens is 7. The Hall–Kier alpha value is -5.02. The van der Waals surface area contributed by atoms with Crippen molar-refractivity contribution >= 4 is 46.0 Å². The second-order valence-corrected chi connectivity index (χ2v) is 14.4. The van der Waals surface area contributed by atoms with Crippen LogP contribution in [0.2, 0.25) is 0 Å². The number of carbonyl (C=O) groups is 2. The maximum atomic E-state index is 13.8. The number of benzene rings is 1. The van der Waals surface area contributed by atoms with Crippen molar-refractivity contribution in [2.45, 2.75) is 30.1 Å². The van der Waals surface area contributed by atoms with Crippen molar-refractivity contribution in [1.82, 2.24) is 44.7 Å². The summed E-state index contributed by atoms with van der Waals surface area (Å²) in [7, 11) is 1.84. The molecule has 0 spiro atoms. The lowest BCUT2D eigenvalue weighted by Crippen LogP contribution is -2.51. The summed E-state index contributed by atoms with van der Waals surface area (Å²) in [5.41, 5.74) is 4.07. The van der Waals surface area contributed by atoms with Crippen LogP contribution in [-0.2, 0) is 16.6 Å². The third-order valence-electron chi connectivity index (χ3n) is 9.68. The minimum Gasteiger partial charge on any atom is -0.474 e. The minimum atomic E-state index is -0.656. The number of H-pyrrole nitrogens is 1. The molecule has 5 aromatic rings. The largest absolute Gasteiger partial charge is 0.474 e. The SMILES string of the molecule is CS[C@@]1(C(=O)Nc2ccc3[nH]nc(-c4ccc(OC5CC5)nc4)c3c2)CCN(CC(=O)N2CCN(c3ccc(-c4ncn(C)n4)cn3)CC2)C1. The van der Waals surface area contributed by atoms with Crippen LogP contribution in [0.5, 0.6) is 5.88 Å². The lowest BCUT2D eigenvalue weighted by molar-refractivity contribution is -0.132. The highest BCUT2D eigenvalue weighted by atomic mass is 32.2. The number of nitrogens with zero attached hydrogens (tertiary/aromatic N) is 9. The maximum absolute atomic E-state index is 13.8. The highest BCUT2D eigenvalue weighted by Gasteiger charge is 2.45. The van der Waals surface area contributed by atoms with Crippen molar-refractivity contribution in [3.05, 3.63) is 61.2 Å². The van der Waals surface area contributed by atoms with Gasteiger partial charge in [0.25, 0.3) is 0 Å². The van der Waals surface area contributed by atoms with Crippen LogP contribution in [0.3, 0.4) is 0 Å². The Balaban J connectivity index is 0.857. The van der Waals surface area contributed by atoms with Crippen LogP contribution in [0.4, 0.5) is 11.5 Å². The third kappa shape index (κ3) is 6.62. The van der Waals surface area contributed by atoms with Crippen LogP contribution >= 0.6 is 11.8 Å². The number of piperazine rings is 1. The van der Waals surface area contributed by atoms with Gasteiger partial charge in [-0.2, -0.15) is 10.2 Å². The molecule has 6 heterocycles. The van der Waals surface area contributed by atoms with Gasteiger partial charge in [-0.15, -0.1) is 11.8 Å². The molecule has 2 N–H and O–H groups in total. The van der Waals surface area contributed by atoms with E-state index in [1.54, 1.807) is 35.2 Å². The topological polar surface area (TPSA) is 150 Å². The van der Waals surface area contributed by atoms with Gasteiger partial charge in [-0.3, -0.25) is 24.3 Å². The van der Waals surface area contributed by atoms with E-state index in [1.165, 1.54) is 0 Å². The predicted molar refractivity (Wildman–Crippen MR) is 192 cm³/mol. The summed E-state index contributed by atoms with van der Waals surface area (Å²) in [5, 5.41) is 16.0. The van der Waals surface area contributed by atoms with Crippen molar-refractivity contribution in [1.29, 1.82) is 0 Å². The van der Waals surface area contributed by atoms with Crippen molar-refractivity contribution < 1.29 is 14.3 Å². The van der Waals surface area contributed by atoms with E-state index >= 15 is 0 Å². The molecule has 0 unspecified atom stereocenters. The number of anilines is 2. The molecule has 2 amide bonds. The molecule has 15 heteroatoms. The van der Waals surface area contributed by atoms with Crippen molar-refractivity contribution in [3.8, 4) is 28.5 Å². The fraction of sp³-hybridized carbons (Fsp3) is 0.400. The molecule has 3 aliphatic rings. The summed E-state index contributed by atoms with van der Waals surface area (Å²) < 4.78 is 6.80. The highest BCUT2D eigenvalue weighted by Crippen LogP contribution is 2.36. The van der Waals surface area contributed by atoms with E-state index < -0.39 is 4.75 Å². The zero-order valence-corrected chi connectivity index (χ0v) is 28.9. The molecule has 14 nitrogen and oxygen atoms in total. The van der Waals surface area contributed by atoms with Gasteiger partial charge in [-0.05, 0) is 61.9 Å². The quantitative estimate of drug-likeness (QED) is 0.222. The van der Waals surface area contributed by atoms with Gasteiger partial charge in [0.05, 0.1) is 12.1 Å². The van der Waals surface area contributed by atoms with Gasteiger partial charge in [-0.1, -0.05) is 0 Å². The summed E-state index contributed by atoms with van der Waals surface area (Å²) in [4.78, 5) is 46.8. The molecule has 1 saturated carbocycles. The number of aryl methyl sites for hydroxylation is 1. The fourth-order valence-electron chi connectivity index (χ4n) is 6.59. The Labute approximate surface area is 293 Å². The van der Waals surface area contributed by atoms with Gasteiger partial charge in [0.15, 0.2) is 5.82 Å². The first-order chi connectivity index (χ1) is 24.4. The second kappa shape index (κ2) is 13.4. The first kappa shape index (κ1) is 32.2. The minimum absolute atomic E-state index is 0.0569. The number of hydrogen-bond donors (Lipinski definition) is 2. The Morgan fingerprint density at radius 1 is 1.00 bits per heavy atom. The number of aromatic amines is 1. The van der Waals surface area contributed by atoms with E-state index in [4.69, 9.17) is 4.74 Å². The predicted octanol–water partition coefficient (Wildman–Crippen LogP) is 3.45. The maximum Gasteiger partial charge on any atom is 0.241 e. The molecular formula is C35H39N11O3S. The number of ether oxygens (including phenoxy) is 1. The normalized spacial score (nSPS) is 19.6. The smallest absolute Gasteiger partial charge is 0.241 e. The second-order valence-electron chi connectivity index (χ2n) is 13.2. The number of rotatable bonds is 10. The Kier molecular flexibility index (Phi) is 8.60. The lowest BCUT2D eigenvalue weighted by Gasteiger charge is -2.36. The molecule has 2 aliphatic heterocycles. The van der Waals surface area contributed by atoms with E-state index in [-0.39, 0.29) is 17.9 Å². The Morgan fingerprint density at radius 2 is 1.82 bits per heavy atom. The van der Waals surface area contributed by atoms with Crippen molar-refractivity contribution in [2.24, 2.45) is 7.05 Å². The summed E-state index contributed by atoms with van der Waals surface area (Å²) in [6.07, 6.45) is 10.3. The van der Waals surface area contributed by atoms with E-state index in [0.29, 0.717) is 69.6 Å². The van der Waals surface area contributed by atoms with Crippen LogP contribution in [0.1, 0.15) is 19.3 Å². The molecule has 8 rings (SSSR count). The number of fused-ring (bicyclic) bond motifs is 1. The number of likely N-dealkylation sites (tertiary alicyclic amines) is 1. The Morgan fingerprint density at radius 3 is 2.52 bits per heavy atom. The zero-order chi connectivity index (χ0) is 34.2. The number of amides is 2. The van der Waals surface area contributed by atoms with Crippen LogP contribution in [-0.4, -0.2) is 119 Å². The highest BCUT2D eigenvalue weighted by molar-refractivity contribution is 8.00. The molecule has 2 saturated heterocycles. The molecule has 1 aromatic carbocycles. The standard InChI is InChI=1S/C35H39N11O3S/c1-43-22-38-33(42-43)24-3-9-29(36-19-24)45-13-15-46(16-14-45)31(47)20-44-12-11-35(21-44,50-2)34(48)39-25-5-8-28-27(17-25)32(41-40-28)23-4-10-30(37-18-23)49-26-6-7-26/h3-5,8-10,17-19,22,26H,6-7,11-16,20-21H2,1-2H3,(H,39,48)(H,40,41)/t35-/m0/s1. The summed E-state index contributed by atoms with van der Waals surface area (Å²) >= 11 is 1.55. The van der Waals surface area contributed by atoms with E-state index in [0.717, 1.165) is 46.4 Å². The van der Waals surface area contributed by atoms with Gasteiger partial charge >= 0.3 is 0 Å². The number of nitrogens with one attached hydrogen (secondary N) is 2. The van der Waals surface area contributed by atoms with Gasteiger partial charge in [0, 0.05) is 87.0 Å². The molecule has 258 valence electrons. The first-order valence-electron chi connectivity index (χ1n) is 16.9. The van der Waals surface area contributed by atoms with E-state index in [1.807, 2.05) is 60.7 Å². The van der Waals surface area contributed by atoms with E-state index in [2.05, 4.69) is 45.4 Å².